The highest BCUT2D eigenvalue weighted by Crippen LogP contribution is 2.36. The first-order valence-corrected chi connectivity index (χ1v) is 10.8. The molecule has 4 rings (SSSR count). The number of fused-ring (bicyclic) bond motifs is 1. The van der Waals surface area contributed by atoms with E-state index < -0.39 is 11.2 Å². The highest BCUT2D eigenvalue weighted by Gasteiger charge is 2.29. The van der Waals surface area contributed by atoms with Crippen LogP contribution in [0.15, 0.2) is 65.6 Å². The molecule has 1 unspecified atom stereocenters. The molecule has 1 amide bonds. The second kappa shape index (κ2) is 8.81. The zero-order chi connectivity index (χ0) is 22.0. The quantitative estimate of drug-likeness (QED) is 0.462. The fraction of sp³-hybridized carbons (Fsp3) is 0.208. The van der Waals surface area contributed by atoms with Crippen LogP contribution in [0.4, 0.5) is 5.69 Å². The Hall–Kier alpha value is -3.32. The summed E-state index contributed by atoms with van der Waals surface area (Å²) < 4.78 is 7.21. The number of aromatic nitrogens is 1. The lowest BCUT2D eigenvalue weighted by Crippen LogP contribution is -2.31. The number of rotatable bonds is 6. The van der Waals surface area contributed by atoms with Crippen molar-refractivity contribution in [2.45, 2.75) is 30.4 Å². The summed E-state index contributed by atoms with van der Waals surface area (Å²) in [4.78, 5) is 38.2. The number of ketones is 1. The van der Waals surface area contributed by atoms with Crippen LogP contribution in [0, 0.1) is 13.8 Å². The number of carbonyl (C=O) groups excluding carboxylic acids is 3. The van der Waals surface area contributed by atoms with E-state index in [0.29, 0.717) is 5.56 Å². The first-order valence-electron chi connectivity index (χ1n) is 9.94. The third kappa shape index (κ3) is 4.41. The molecule has 2 aromatic carbocycles. The standard InChI is InChI=1S/C24H22N2O4S/c1-15-12-18(16(2)26(15)17-8-4-3-5-9-17)20(27)14-30-23(28)13-22-24(29)25-19-10-6-7-11-21(19)31-22/h3-12,22H,13-14H2,1-2H3,(H,25,29). The number of ether oxygens (including phenoxy) is 1. The van der Waals surface area contributed by atoms with Crippen LogP contribution in [0.2, 0.25) is 0 Å². The Bertz CT molecular complexity index is 1150. The molecule has 0 saturated carbocycles. The largest absolute Gasteiger partial charge is 0.457 e. The lowest BCUT2D eigenvalue weighted by Gasteiger charge is -2.23. The molecule has 0 saturated heterocycles. The van der Waals surface area contributed by atoms with Crippen molar-refractivity contribution in [2.75, 3.05) is 11.9 Å². The van der Waals surface area contributed by atoms with Gasteiger partial charge in [0.25, 0.3) is 0 Å². The second-order valence-corrected chi connectivity index (χ2v) is 8.58. The summed E-state index contributed by atoms with van der Waals surface area (Å²) in [5.74, 6) is -1.08. The third-order valence-electron chi connectivity index (χ3n) is 5.17. The highest BCUT2D eigenvalue weighted by molar-refractivity contribution is 8.01. The zero-order valence-corrected chi connectivity index (χ0v) is 18.1. The predicted octanol–water partition coefficient (Wildman–Crippen LogP) is 4.32. The molecule has 7 heteroatoms. The number of nitrogens with one attached hydrogen (secondary N) is 1. The summed E-state index contributed by atoms with van der Waals surface area (Å²) in [7, 11) is 0. The van der Waals surface area contributed by atoms with Gasteiger partial charge in [0.1, 0.15) is 0 Å². The van der Waals surface area contributed by atoms with Crippen LogP contribution in [0.3, 0.4) is 0 Å². The number of benzene rings is 2. The Labute approximate surface area is 184 Å². The molecule has 1 aliphatic heterocycles. The van der Waals surface area contributed by atoms with Crippen molar-refractivity contribution in [3.63, 3.8) is 0 Å². The molecule has 158 valence electrons. The molecule has 0 bridgehead atoms. The van der Waals surface area contributed by atoms with E-state index in [2.05, 4.69) is 5.32 Å². The maximum Gasteiger partial charge on any atom is 0.307 e. The summed E-state index contributed by atoms with van der Waals surface area (Å²) in [6, 6.07) is 19.0. The molecule has 1 aromatic heterocycles. The van der Waals surface area contributed by atoms with Gasteiger partial charge >= 0.3 is 5.97 Å². The van der Waals surface area contributed by atoms with Crippen LogP contribution in [-0.4, -0.2) is 34.1 Å². The number of hydrogen-bond acceptors (Lipinski definition) is 5. The number of amides is 1. The number of para-hydroxylation sites is 2. The first kappa shape index (κ1) is 20.9. The van der Waals surface area contributed by atoms with Crippen molar-refractivity contribution in [1.82, 2.24) is 4.57 Å². The van der Waals surface area contributed by atoms with Crippen LogP contribution >= 0.6 is 11.8 Å². The zero-order valence-electron chi connectivity index (χ0n) is 17.3. The molecule has 31 heavy (non-hydrogen) atoms. The van der Waals surface area contributed by atoms with E-state index in [4.69, 9.17) is 4.74 Å². The minimum atomic E-state index is -0.583. The molecule has 1 atom stereocenters. The van der Waals surface area contributed by atoms with Gasteiger partial charge in [-0.05, 0) is 44.2 Å². The van der Waals surface area contributed by atoms with E-state index >= 15 is 0 Å². The molecule has 0 fully saturated rings. The lowest BCUT2D eigenvalue weighted by molar-refractivity contribution is -0.143. The number of aryl methyl sites for hydroxylation is 1. The third-order valence-corrected chi connectivity index (χ3v) is 6.44. The van der Waals surface area contributed by atoms with E-state index in [9.17, 15) is 14.4 Å². The van der Waals surface area contributed by atoms with Gasteiger partial charge in [-0.1, -0.05) is 30.3 Å². The minimum Gasteiger partial charge on any atom is -0.457 e. The van der Waals surface area contributed by atoms with Gasteiger partial charge in [0.05, 0.1) is 17.4 Å². The van der Waals surface area contributed by atoms with E-state index in [-0.39, 0.29) is 24.7 Å². The number of anilines is 1. The average Bonchev–Trinajstić information content (AvgIpc) is 3.07. The Morgan fingerprint density at radius 1 is 1.06 bits per heavy atom. The monoisotopic (exact) mass is 434 g/mol. The fourth-order valence-electron chi connectivity index (χ4n) is 3.68. The second-order valence-electron chi connectivity index (χ2n) is 7.34. The number of hydrogen-bond donors (Lipinski definition) is 1. The number of nitrogens with zero attached hydrogens (tertiary/aromatic N) is 1. The fourth-order valence-corrected chi connectivity index (χ4v) is 4.78. The summed E-state index contributed by atoms with van der Waals surface area (Å²) in [5, 5.41) is 2.22. The highest BCUT2D eigenvalue weighted by atomic mass is 32.2. The minimum absolute atomic E-state index is 0.0961. The molecule has 6 nitrogen and oxygen atoms in total. The molecule has 0 aliphatic carbocycles. The SMILES string of the molecule is Cc1cc(C(=O)COC(=O)CC2Sc3ccccc3NC2=O)c(C)n1-c1ccccc1. The topological polar surface area (TPSA) is 77.4 Å². The van der Waals surface area contributed by atoms with Crippen LogP contribution < -0.4 is 5.32 Å². The summed E-state index contributed by atoms with van der Waals surface area (Å²) in [6.07, 6.45) is -0.0961. The maximum atomic E-state index is 12.7. The molecule has 1 N–H and O–H groups in total. The van der Waals surface area contributed by atoms with Crippen LogP contribution in [-0.2, 0) is 14.3 Å². The Morgan fingerprint density at radius 2 is 1.77 bits per heavy atom. The number of carbonyl (C=O) groups is 3. The van der Waals surface area contributed by atoms with Crippen molar-refractivity contribution >= 4 is 35.1 Å². The van der Waals surface area contributed by atoms with Crippen LogP contribution in [0.1, 0.15) is 28.2 Å². The molecule has 2 heterocycles. The van der Waals surface area contributed by atoms with Crippen LogP contribution in [0.25, 0.3) is 5.69 Å². The smallest absolute Gasteiger partial charge is 0.307 e. The van der Waals surface area contributed by atoms with E-state index in [1.807, 2.05) is 73.0 Å². The first-order chi connectivity index (χ1) is 14.9. The Balaban J connectivity index is 1.38. The molecule has 0 radical (unpaired) electrons. The van der Waals surface area contributed by atoms with Gasteiger partial charge in [-0.3, -0.25) is 14.4 Å². The van der Waals surface area contributed by atoms with Crippen molar-refractivity contribution in [2.24, 2.45) is 0 Å². The maximum absolute atomic E-state index is 12.7. The van der Waals surface area contributed by atoms with E-state index in [1.165, 1.54) is 11.8 Å². The van der Waals surface area contributed by atoms with Crippen molar-refractivity contribution in [3.8, 4) is 5.69 Å². The normalized spacial score (nSPS) is 15.2. The Kier molecular flexibility index (Phi) is 5.95. The molecule has 0 spiro atoms. The van der Waals surface area contributed by atoms with Crippen molar-refractivity contribution in [3.05, 3.63) is 77.6 Å². The number of Topliss-reactive ketones (excluding diaryl/α,β-unsaturated/α-hetero) is 1. The molecule has 3 aromatic rings. The van der Waals surface area contributed by atoms with E-state index in [0.717, 1.165) is 27.7 Å². The van der Waals surface area contributed by atoms with Gasteiger partial charge in [-0.2, -0.15) is 0 Å². The van der Waals surface area contributed by atoms with Gasteiger partial charge in [-0.25, -0.2) is 0 Å². The van der Waals surface area contributed by atoms with Gasteiger partial charge in [0, 0.05) is 27.5 Å². The molecular weight excluding hydrogens is 412 g/mol. The van der Waals surface area contributed by atoms with Crippen LogP contribution in [0.5, 0.6) is 0 Å². The summed E-state index contributed by atoms with van der Waals surface area (Å²) >= 11 is 1.33. The van der Waals surface area contributed by atoms with Gasteiger partial charge in [-0.15, -0.1) is 11.8 Å². The predicted molar refractivity (Wildman–Crippen MR) is 120 cm³/mol. The lowest BCUT2D eigenvalue weighted by atomic mass is 10.1. The van der Waals surface area contributed by atoms with Crippen molar-refractivity contribution < 1.29 is 19.1 Å². The summed E-state index contributed by atoms with van der Waals surface area (Å²) in [6.45, 7) is 3.45. The number of esters is 1. The van der Waals surface area contributed by atoms with Gasteiger partial charge < -0.3 is 14.6 Å². The molecular formula is C24H22N2O4S. The Morgan fingerprint density at radius 3 is 2.55 bits per heavy atom. The number of thioether (sulfide) groups is 1. The van der Waals surface area contributed by atoms with Gasteiger partial charge in [0.2, 0.25) is 11.7 Å². The van der Waals surface area contributed by atoms with Crippen molar-refractivity contribution in [1.29, 1.82) is 0 Å². The van der Waals surface area contributed by atoms with E-state index in [1.54, 1.807) is 6.07 Å². The summed E-state index contributed by atoms with van der Waals surface area (Å²) in [5.41, 5.74) is 3.95. The average molecular weight is 435 g/mol. The molecule has 1 aliphatic rings. The van der Waals surface area contributed by atoms with Gasteiger partial charge in [0.15, 0.2) is 6.61 Å².